The van der Waals surface area contributed by atoms with Gasteiger partial charge in [0.05, 0.1) is 0 Å². The zero-order valence-electron chi connectivity index (χ0n) is 9.84. The lowest BCUT2D eigenvalue weighted by Gasteiger charge is -2.15. The first-order valence-corrected chi connectivity index (χ1v) is 5.33. The molecule has 5 nitrogen and oxygen atoms in total. The minimum atomic E-state index is 0.354. The van der Waals surface area contributed by atoms with Gasteiger partial charge in [-0.05, 0) is 17.6 Å². The topological polar surface area (TPSA) is 52.4 Å². The highest BCUT2D eigenvalue weighted by atomic mass is 16.7. The van der Waals surface area contributed by atoms with Crippen molar-refractivity contribution in [3.63, 3.8) is 0 Å². The molecule has 1 aromatic carbocycles. The first-order valence-electron chi connectivity index (χ1n) is 5.33. The molecule has 1 heterocycles. The zero-order valence-corrected chi connectivity index (χ0v) is 9.84. The van der Waals surface area contributed by atoms with Crippen molar-refractivity contribution in [3.05, 3.63) is 35.4 Å². The fourth-order valence-corrected chi connectivity index (χ4v) is 1.55. The number of nitrogens with zero attached hydrogens (tertiary/aromatic N) is 2. The maximum atomic E-state index is 5.42. The molecule has 2 rings (SSSR count). The predicted molar refractivity (Wildman–Crippen MR) is 64.1 cm³/mol. The lowest BCUT2D eigenvalue weighted by atomic mass is 10.0. The quantitative estimate of drug-likeness (QED) is 0.591. The number of oxime groups is 2. The third-order valence-electron chi connectivity index (χ3n) is 2.35. The lowest BCUT2D eigenvalue weighted by Crippen LogP contribution is -2.26. The maximum absolute atomic E-state index is 5.42. The average molecular weight is 234 g/mol. The summed E-state index contributed by atoms with van der Waals surface area (Å²) in [7, 11) is 1.49. The molecule has 0 aliphatic carbocycles. The first-order chi connectivity index (χ1) is 8.33. The molecule has 0 atom stereocenters. The zero-order chi connectivity index (χ0) is 12.1. The van der Waals surface area contributed by atoms with Gasteiger partial charge < -0.3 is 14.4 Å². The van der Waals surface area contributed by atoms with Crippen LogP contribution in [-0.2, 0) is 14.4 Å². The molecule has 17 heavy (non-hydrogen) atoms. The Balaban J connectivity index is 2.39. The Hall–Kier alpha value is -2.04. The van der Waals surface area contributed by atoms with Crippen molar-refractivity contribution in [1.29, 1.82) is 0 Å². The SMILES string of the molecule is CO/N=C(/C1=NOCCO1)c1ccccc1C. The van der Waals surface area contributed by atoms with Crippen LogP contribution < -0.4 is 0 Å². The van der Waals surface area contributed by atoms with E-state index in [1.165, 1.54) is 7.11 Å². The Morgan fingerprint density at radius 3 is 2.82 bits per heavy atom. The summed E-state index contributed by atoms with van der Waals surface area (Å²) < 4.78 is 5.42. The summed E-state index contributed by atoms with van der Waals surface area (Å²) in [5.74, 6) is 0.354. The summed E-state index contributed by atoms with van der Waals surface area (Å²) in [6.45, 7) is 2.91. The lowest BCUT2D eigenvalue weighted by molar-refractivity contribution is 0.0672. The Kier molecular flexibility index (Phi) is 3.59. The van der Waals surface area contributed by atoms with Crippen LogP contribution in [0.15, 0.2) is 34.6 Å². The normalized spacial score (nSPS) is 15.6. The van der Waals surface area contributed by atoms with Gasteiger partial charge in [-0.3, -0.25) is 0 Å². The second-order valence-electron chi connectivity index (χ2n) is 3.52. The van der Waals surface area contributed by atoms with Gasteiger partial charge in [0, 0.05) is 5.56 Å². The van der Waals surface area contributed by atoms with Crippen molar-refractivity contribution >= 4 is 11.6 Å². The molecule has 0 amide bonds. The van der Waals surface area contributed by atoms with Crippen LogP contribution in [0.4, 0.5) is 0 Å². The van der Waals surface area contributed by atoms with Crippen LogP contribution in [0.2, 0.25) is 0 Å². The van der Waals surface area contributed by atoms with Crippen LogP contribution in [0.3, 0.4) is 0 Å². The predicted octanol–water partition coefficient (Wildman–Crippen LogP) is 1.71. The Bertz CT molecular complexity index is 455. The number of ether oxygens (including phenoxy) is 1. The van der Waals surface area contributed by atoms with Crippen LogP contribution in [-0.4, -0.2) is 31.9 Å². The molecule has 0 spiro atoms. The standard InChI is InChI=1S/C12H14N2O3/c1-9-5-3-4-6-10(9)11(13-15-2)12-14-17-8-7-16-12/h3-6H,7-8H2,1-2H3/b13-11+. The van der Waals surface area contributed by atoms with Crippen molar-refractivity contribution in [2.24, 2.45) is 10.3 Å². The second-order valence-corrected chi connectivity index (χ2v) is 3.52. The van der Waals surface area contributed by atoms with E-state index in [2.05, 4.69) is 10.3 Å². The number of benzene rings is 1. The Morgan fingerprint density at radius 2 is 2.18 bits per heavy atom. The molecule has 5 heteroatoms. The van der Waals surface area contributed by atoms with Gasteiger partial charge in [-0.2, -0.15) is 0 Å². The number of rotatable bonds is 3. The van der Waals surface area contributed by atoms with Crippen molar-refractivity contribution < 1.29 is 14.4 Å². The van der Waals surface area contributed by atoms with Crippen LogP contribution in [0.5, 0.6) is 0 Å². The van der Waals surface area contributed by atoms with E-state index < -0.39 is 0 Å². The third kappa shape index (κ3) is 2.55. The van der Waals surface area contributed by atoms with Gasteiger partial charge in [0.15, 0.2) is 12.3 Å². The van der Waals surface area contributed by atoms with E-state index >= 15 is 0 Å². The number of hydrogen-bond acceptors (Lipinski definition) is 5. The molecule has 1 aromatic rings. The summed E-state index contributed by atoms with van der Waals surface area (Å²) >= 11 is 0. The first kappa shape index (κ1) is 11.4. The van der Waals surface area contributed by atoms with Gasteiger partial charge in [-0.1, -0.05) is 29.4 Å². The van der Waals surface area contributed by atoms with E-state index in [4.69, 9.17) is 14.4 Å². The largest absolute Gasteiger partial charge is 0.470 e. The van der Waals surface area contributed by atoms with E-state index in [9.17, 15) is 0 Å². The monoisotopic (exact) mass is 234 g/mol. The number of aryl methyl sites for hydroxylation is 1. The molecule has 90 valence electrons. The van der Waals surface area contributed by atoms with E-state index in [0.29, 0.717) is 24.8 Å². The van der Waals surface area contributed by atoms with E-state index in [-0.39, 0.29) is 0 Å². The molecule has 0 saturated carbocycles. The van der Waals surface area contributed by atoms with E-state index in [1.807, 2.05) is 31.2 Å². The summed E-state index contributed by atoms with van der Waals surface area (Å²) in [5, 5.41) is 7.81. The van der Waals surface area contributed by atoms with Crippen LogP contribution in [0.25, 0.3) is 0 Å². The van der Waals surface area contributed by atoms with Crippen molar-refractivity contribution in [2.75, 3.05) is 20.3 Å². The molecular formula is C12H14N2O3. The van der Waals surface area contributed by atoms with Crippen molar-refractivity contribution in [1.82, 2.24) is 0 Å². The minimum Gasteiger partial charge on any atom is -0.470 e. The molecular weight excluding hydrogens is 220 g/mol. The molecule has 0 fully saturated rings. The molecule has 0 saturated heterocycles. The summed E-state index contributed by atoms with van der Waals surface area (Å²) in [5.41, 5.74) is 2.53. The summed E-state index contributed by atoms with van der Waals surface area (Å²) in [6, 6.07) is 7.82. The average Bonchev–Trinajstić information content (AvgIpc) is 2.38. The maximum Gasteiger partial charge on any atom is 0.280 e. The third-order valence-corrected chi connectivity index (χ3v) is 2.35. The highest BCUT2D eigenvalue weighted by molar-refractivity contribution is 6.45. The van der Waals surface area contributed by atoms with Gasteiger partial charge >= 0.3 is 0 Å². The Morgan fingerprint density at radius 1 is 1.35 bits per heavy atom. The summed E-state index contributed by atoms with van der Waals surface area (Å²) in [6.07, 6.45) is 0. The highest BCUT2D eigenvalue weighted by Crippen LogP contribution is 2.12. The smallest absolute Gasteiger partial charge is 0.280 e. The summed E-state index contributed by atoms with van der Waals surface area (Å²) in [4.78, 5) is 9.84. The molecule has 0 aromatic heterocycles. The van der Waals surface area contributed by atoms with Crippen LogP contribution in [0, 0.1) is 6.92 Å². The molecule has 0 unspecified atom stereocenters. The fourth-order valence-electron chi connectivity index (χ4n) is 1.55. The van der Waals surface area contributed by atoms with Crippen molar-refractivity contribution in [3.8, 4) is 0 Å². The van der Waals surface area contributed by atoms with E-state index in [0.717, 1.165) is 11.1 Å². The molecule has 0 N–H and O–H groups in total. The molecule has 0 radical (unpaired) electrons. The van der Waals surface area contributed by atoms with Gasteiger partial charge in [-0.25, -0.2) is 0 Å². The van der Waals surface area contributed by atoms with Gasteiger partial charge in [0.1, 0.15) is 13.7 Å². The van der Waals surface area contributed by atoms with E-state index in [1.54, 1.807) is 0 Å². The molecule has 1 aliphatic heterocycles. The fraction of sp³-hybridized carbons (Fsp3) is 0.333. The number of hydrogen-bond donors (Lipinski definition) is 0. The van der Waals surface area contributed by atoms with Gasteiger partial charge in [0.2, 0.25) is 0 Å². The van der Waals surface area contributed by atoms with Crippen LogP contribution >= 0.6 is 0 Å². The van der Waals surface area contributed by atoms with Crippen molar-refractivity contribution in [2.45, 2.75) is 6.92 Å². The minimum absolute atomic E-state index is 0.354. The highest BCUT2D eigenvalue weighted by Gasteiger charge is 2.19. The van der Waals surface area contributed by atoms with Gasteiger partial charge in [0.25, 0.3) is 5.90 Å². The van der Waals surface area contributed by atoms with Crippen LogP contribution in [0.1, 0.15) is 11.1 Å². The second kappa shape index (κ2) is 5.34. The molecule has 1 aliphatic rings. The Labute approximate surface area is 99.7 Å². The molecule has 0 bridgehead atoms. The van der Waals surface area contributed by atoms with Gasteiger partial charge in [-0.15, -0.1) is 0 Å².